The fourth-order valence-electron chi connectivity index (χ4n) is 3.94. The van der Waals surface area contributed by atoms with Gasteiger partial charge < -0.3 is 9.64 Å². The van der Waals surface area contributed by atoms with E-state index in [2.05, 4.69) is 41.0 Å². The van der Waals surface area contributed by atoms with Crippen LogP contribution in [0.5, 0.6) is 0 Å². The van der Waals surface area contributed by atoms with E-state index in [9.17, 15) is 0 Å². The quantitative estimate of drug-likeness (QED) is 0.827. The number of fused-ring (bicyclic) bond motifs is 1. The van der Waals surface area contributed by atoms with Gasteiger partial charge in [-0.05, 0) is 43.0 Å². The molecule has 0 unspecified atom stereocenters. The van der Waals surface area contributed by atoms with Gasteiger partial charge >= 0.3 is 0 Å². The molecule has 116 valence electrons. The topological polar surface area (TPSA) is 15.7 Å². The zero-order valence-electron chi connectivity index (χ0n) is 13.4. The molecule has 1 aromatic carbocycles. The second-order valence-electron chi connectivity index (χ2n) is 6.56. The van der Waals surface area contributed by atoms with Gasteiger partial charge in [-0.25, -0.2) is 0 Å². The first kappa shape index (κ1) is 15.0. The van der Waals surface area contributed by atoms with E-state index in [-0.39, 0.29) is 0 Å². The Morgan fingerprint density at radius 3 is 2.81 bits per heavy atom. The number of likely N-dealkylation sites (tertiary alicyclic amines) is 1. The molecule has 2 heterocycles. The number of hydrogen-bond donors (Lipinski definition) is 0. The Labute approximate surface area is 128 Å². The highest BCUT2D eigenvalue weighted by Gasteiger charge is 2.29. The Balaban J connectivity index is 1.62. The van der Waals surface area contributed by atoms with Gasteiger partial charge in [0, 0.05) is 32.8 Å². The molecule has 0 aliphatic carbocycles. The van der Waals surface area contributed by atoms with Crippen molar-refractivity contribution in [2.24, 2.45) is 5.92 Å². The summed E-state index contributed by atoms with van der Waals surface area (Å²) in [5, 5.41) is 0. The maximum Gasteiger partial charge on any atom is 0.0503 e. The van der Waals surface area contributed by atoms with Gasteiger partial charge in [0.05, 0.1) is 6.61 Å². The Kier molecular flexibility index (Phi) is 4.94. The van der Waals surface area contributed by atoms with Crippen molar-refractivity contribution in [2.45, 2.75) is 32.4 Å². The van der Waals surface area contributed by atoms with Gasteiger partial charge in [0.25, 0.3) is 0 Å². The average Bonchev–Trinajstić information content (AvgIpc) is 2.94. The maximum atomic E-state index is 5.32. The van der Waals surface area contributed by atoms with E-state index in [4.69, 9.17) is 4.74 Å². The second kappa shape index (κ2) is 6.91. The van der Waals surface area contributed by atoms with Gasteiger partial charge in [-0.15, -0.1) is 0 Å². The van der Waals surface area contributed by atoms with Gasteiger partial charge in [0.15, 0.2) is 0 Å². The van der Waals surface area contributed by atoms with Crippen molar-refractivity contribution < 1.29 is 4.74 Å². The molecule has 2 aliphatic heterocycles. The van der Waals surface area contributed by atoms with Crippen molar-refractivity contribution >= 4 is 0 Å². The van der Waals surface area contributed by atoms with Crippen LogP contribution in [0.1, 0.15) is 24.5 Å². The summed E-state index contributed by atoms with van der Waals surface area (Å²) < 4.78 is 5.32. The Morgan fingerprint density at radius 1 is 1.24 bits per heavy atom. The van der Waals surface area contributed by atoms with Crippen molar-refractivity contribution in [3.8, 4) is 0 Å². The van der Waals surface area contributed by atoms with Gasteiger partial charge in [0.2, 0.25) is 0 Å². The second-order valence-corrected chi connectivity index (χ2v) is 6.56. The van der Waals surface area contributed by atoms with Crippen molar-refractivity contribution in [1.29, 1.82) is 0 Å². The van der Waals surface area contributed by atoms with E-state index < -0.39 is 0 Å². The molecule has 1 aromatic rings. The number of ether oxygens (including phenoxy) is 1. The Hall–Kier alpha value is -0.900. The molecule has 0 aromatic heterocycles. The summed E-state index contributed by atoms with van der Waals surface area (Å²) in [4.78, 5) is 5.29. The van der Waals surface area contributed by atoms with Crippen molar-refractivity contribution in [1.82, 2.24) is 9.80 Å². The number of hydrogen-bond acceptors (Lipinski definition) is 3. The number of nitrogens with zero attached hydrogens (tertiary/aromatic N) is 2. The summed E-state index contributed by atoms with van der Waals surface area (Å²) in [6, 6.07) is 9.63. The predicted octanol–water partition coefficient (Wildman–Crippen LogP) is 2.40. The van der Waals surface area contributed by atoms with Crippen LogP contribution in [0.15, 0.2) is 24.3 Å². The maximum absolute atomic E-state index is 5.32. The van der Waals surface area contributed by atoms with Gasteiger partial charge in [0.1, 0.15) is 0 Å². The van der Waals surface area contributed by atoms with Gasteiger partial charge in [-0.2, -0.15) is 0 Å². The van der Waals surface area contributed by atoms with E-state index in [1.165, 1.54) is 38.0 Å². The summed E-state index contributed by atoms with van der Waals surface area (Å²) in [5.41, 5.74) is 3.08. The predicted molar refractivity (Wildman–Crippen MR) is 86.4 cm³/mol. The van der Waals surface area contributed by atoms with Crippen LogP contribution in [-0.2, 0) is 17.7 Å². The lowest BCUT2D eigenvalue weighted by atomic mass is 9.93. The first-order valence-corrected chi connectivity index (χ1v) is 8.32. The van der Waals surface area contributed by atoms with Crippen LogP contribution >= 0.6 is 0 Å². The minimum absolute atomic E-state index is 0.672. The Bertz CT molecular complexity index is 462. The van der Waals surface area contributed by atoms with Gasteiger partial charge in [-0.3, -0.25) is 4.90 Å². The van der Waals surface area contributed by atoms with E-state index >= 15 is 0 Å². The molecule has 2 aliphatic rings. The van der Waals surface area contributed by atoms with Crippen LogP contribution in [0.4, 0.5) is 0 Å². The molecule has 0 radical (unpaired) electrons. The fraction of sp³-hybridized carbons (Fsp3) is 0.667. The zero-order chi connectivity index (χ0) is 14.7. The zero-order valence-corrected chi connectivity index (χ0v) is 13.4. The highest BCUT2D eigenvalue weighted by Crippen LogP contribution is 2.25. The molecular weight excluding hydrogens is 260 g/mol. The molecule has 0 spiro atoms. The lowest BCUT2D eigenvalue weighted by molar-refractivity contribution is 0.125. The third-order valence-corrected chi connectivity index (χ3v) is 5.11. The SMILES string of the molecule is CCN1Cc2ccccc2C[C@@H]1CN1CC[C@@H](COC)C1. The van der Waals surface area contributed by atoms with E-state index in [1.807, 2.05) is 7.11 Å². The third kappa shape index (κ3) is 3.47. The highest BCUT2D eigenvalue weighted by molar-refractivity contribution is 5.30. The summed E-state index contributed by atoms with van der Waals surface area (Å²) in [6.45, 7) is 9.14. The van der Waals surface area contributed by atoms with Crippen molar-refractivity contribution in [3.63, 3.8) is 0 Å². The summed E-state index contributed by atoms with van der Waals surface area (Å²) in [6.07, 6.45) is 2.50. The smallest absolute Gasteiger partial charge is 0.0503 e. The lowest BCUT2D eigenvalue weighted by Crippen LogP contribution is -2.47. The highest BCUT2D eigenvalue weighted by atomic mass is 16.5. The standard InChI is InChI=1S/C18H28N2O/c1-3-20-12-17-7-5-4-6-16(17)10-18(20)13-19-9-8-15(11-19)14-21-2/h4-7,15,18H,3,8-14H2,1-2H3/t15-,18-/m1/s1. The summed E-state index contributed by atoms with van der Waals surface area (Å²) in [7, 11) is 1.82. The lowest BCUT2D eigenvalue weighted by Gasteiger charge is -2.38. The number of benzene rings is 1. The van der Waals surface area contributed by atoms with Crippen LogP contribution < -0.4 is 0 Å². The Morgan fingerprint density at radius 2 is 2.05 bits per heavy atom. The van der Waals surface area contributed by atoms with Crippen molar-refractivity contribution in [3.05, 3.63) is 35.4 Å². The third-order valence-electron chi connectivity index (χ3n) is 5.11. The van der Waals surface area contributed by atoms with E-state index in [1.54, 1.807) is 5.56 Å². The largest absolute Gasteiger partial charge is 0.384 e. The molecule has 21 heavy (non-hydrogen) atoms. The number of likely N-dealkylation sites (N-methyl/N-ethyl adjacent to an activating group) is 1. The molecule has 2 atom stereocenters. The molecular formula is C18H28N2O. The molecule has 3 nitrogen and oxygen atoms in total. The molecule has 3 heteroatoms. The van der Waals surface area contributed by atoms with Crippen LogP contribution in [-0.4, -0.2) is 55.7 Å². The fourth-order valence-corrected chi connectivity index (χ4v) is 3.94. The minimum Gasteiger partial charge on any atom is -0.384 e. The molecule has 0 amide bonds. The van der Waals surface area contributed by atoms with E-state index in [0.717, 1.165) is 25.6 Å². The van der Waals surface area contributed by atoms with Crippen molar-refractivity contribution in [2.75, 3.05) is 39.9 Å². The van der Waals surface area contributed by atoms with E-state index in [0.29, 0.717) is 6.04 Å². The summed E-state index contributed by atoms with van der Waals surface area (Å²) in [5.74, 6) is 0.737. The number of rotatable bonds is 5. The molecule has 0 bridgehead atoms. The molecule has 1 fully saturated rings. The first-order valence-electron chi connectivity index (χ1n) is 8.32. The number of methoxy groups -OCH3 is 1. The molecule has 3 rings (SSSR count). The van der Waals surface area contributed by atoms with Crippen LogP contribution in [0.25, 0.3) is 0 Å². The normalized spacial score (nSPS) is 27.0. The van der Waals surface area contributed by atoms with Crippen LogP contribution in [0, 0.1) is 5.92 Å². The van der Waals surface area contributed by atoms with Gasteiger partial charge in [-0.1, -0.05) is 31.2 Å². The monoisotopic (exact) mass is 288 g/mol. The molecule has 1 saturated heterocycles. The first-order chi connectivity index (χ1) is 10.3. The molecule has 0 saturated carbocycles. The average molecular weight is 288 g/mol. The minimum atomic E-state index is 0.672. The molecule has 0 N–H and O–H groups in total. The van der Waals surface area contributed by atoms with Crippen LogP contribution in [0.3, 0.4) is 0 Å². The van der Waals surface area contributed by atoms with Crippen LogP contribution in [0.2, 0.25) is 0 Å². The summed E-state index contributed by atoms with van der Waals surface area (Å²) >= 11 is 0.